The molecule has 0 aliphatic carbocycles. The highest BCUT2D eigenvalue weighted by molar-refractivity contribution is 5.16. The van der Waals surface area contributed by atoms with Gasteiger partial charge in [-0.1, -0.05) is 12.1 Å². The van der Waals surface area contributed by atoms with Crippen LogP contribution in [0.25, 0.3) is 0 Å². The highest BCUT2D eigenvalue weighted by Gasteiger charge is 2.20. The molecule has 106 valence electrons. The number of likely N-dealkylation sites (tertiary alicyclic amines) is 1. The van der Waals surface area contributed by atoms with E-state index in [2.05, 4.69) is 10.2 Å². The predicted octanol–water partition coefficient (Wildman–Crippen LogP) is 2.64. The van der Waals surface area contributed by atoms with Gasteiger partial charge < -0.3 is 5.32 Å². The average Bonchev–Trinajstić information content (AvgIpc) is 2.40. The Morgan fingerprint density at radius 1 is 1.26 bits per heavy atom. The number of alkyl halides is 2. The Bertz CT molecular complexity index is 381. The van der Waals surface area contributed by atoms with Gasteiger partial charge >= 0.3 is 0 Å². The van der Waals surface area contributed by atoms with Gasteiger partial charge in [-0.2, -0.15) is 0 Å². The molecule has 0 aromatic heterocycles. The zero-order valence-electron chi connectivity index (χ0n) is 10.8. The van der Waals surface area contributed by atoms with Gasteiger partial charge in [0, 0.05) is 19.1 Å². The van der Waals surface area contributed by atoms with Crippen LogP contribution < -0.4 is 5.32 Å². The van der Waals surface area contributed by atoms with Gasteiger partial charge in [0.15, 0.2) is 0 Å². The summed E-state index contributed by atoms with van der Waals surface area (Å²) in [6.07, 6.45) is -0.359. The van der Waals surface area contributed by atoms with Crippen molar-refractivity contribution in [3.63, 3.8) is 0 Å². The Kier molecular flexibility index (Phi) is 5.22. The lowest BCUT2D eigenvalue weighted by Crippen LogP contribution is -2.46. The van der Waals surface area contributed by atoms with Crippen LogP contribution in [0.5, 0.6) is 0 Å². The molecule has 1 aliphatic heterocycles. The number of rotatable bonds is 5. The molecule has 1 unspecified atom stereocenters. The van der Waals surface area contributed by atoms with Crippen molar-refractivity contribution in [2.75, 3.05) is 19.6 Å². The van der Waals surface area contributed by atoms with E-state index in [1.54, 1.807) is 12.1 Å². The molecule has 1 atom stereocenters. The SMILES string of the molecule is Fc1ccc(CN2CCCC(NCC(F)F)C2)cc1. The van der Waals surface area contributed by atoms with Gasteiger partial charge in [0.25, 0.3) is 6.43 Å². The first kappa shape index (κ1) is 14.3. The highest BCUT2D eigenvalue weighted by atomic mass is 19.3. The van der Waals surface area contributed by atoms with Crippen molar-refractivity contribution in [2.45, 2.75) is 31.9 Å². The van der Waals surface area contributed by atoms with Crippen LogP contribution in [0.1, 0.15) is 18.4 Å². The molecule has 1 fully saturated rings. The fraction of sp³-hybridized carbons (Fsp3) is 0.571. The van der Waals surface area contributed by atoms with Crippen molar-refractivity contribution in [3.8, 4) is 0 Å². The van der Waals surface area contributed by atoms with E-state index in [9.17, 15) is 13.2 Å². The minimum absolute atomic E-state index is 0.128. The Morgan fingerprint density at radius 2 is 2.00 bits per heavy atom. The van der Waals surface area contributed by atoms with Gasteiger partial charge in [0.2, 0.25) is 0 Å². The number of piperidine rings is 1. The van der Waals surface area contributed by atoms with Gasteiger partial charge in [-0.05, 0) is 37.1 Å². The molecular weight excluding hydrogens is 253 g/mol. The molecule has 0 bridgehead atoms. The lowest BCUT2D eigenvalue weighted by Gasteiger charge is -2.33. The highest BCUT2D eigenvalue weighted by Crippen LogP contribution is 2.14. The first-order valence-corrected chi connectivity index (χ1v) is 6.62. The summed E-state index contributed by atoms with van der Waals surface area (Å²) in [5.74, 6) is -0.237. The molecule has 5 heteroatoms. The number of hydrogen-bond donors (Lipinski definition) is 1. The van der Waals surface area contributed by atoms with Crippen molar-refractivity contribution in [3.05, 3.63) is 35.6 Å². The van der Waals surface area contributed by atoms with Crippen molar-refractivity contribution in [2.24, 2.45) is 0 Å². The van der Waals surface area contributed by atoms with Crippen molar-refractivity contribution >= 4 is 0 Å². The van der Waals surface area contributed by atoms with E-state index in [0.29, 0.717) is 0 Å². The summed E-state index contributed by atoms with van der Waals surface area (Å²) in [5.41, 5.74) is 1.05. The quantitative estimate of drug-likeness (QED) is 0.886. The van der Waals surface area contributed by atoms with Crippen LogP contribution in [0.4, 0.5) is 13.2 Å². The zero-order valence-corrected chi connectivity index (χ0v) is 10.8. The zero-order chi connectivity index (χ0) is 13.7. The lowest BCUT2D eigenvalue weighted by molar-refractivity contribution is 0.124. The van der Waals surface area contributed by atoms with Crippen LogP contribution in [0.2, 0.25) is 0 Å². The molecule has 1 saturated heterocycles. The molecule has 2 nitrogen and oxygen atoms in total. The minimum atomic E-state index is -2.30. The van der Waals surface area contributed by atoms with E-state index in [-0.39, 0.29) is 18.4 Å². The summed E-state index contributed by atoms with van der Waals surface area (Å²) in [7, 11) is 0. The second kappa shape index (κ2) is 6.91. The average molecular weight is 272 g/mol. The van der Waals surface area contributed by atoms with E-state index >= 15 is 0 Å². The molecule has 0 radical (unpaired) electrons. The summed E-state index contributed by atoms with van der Waals surface area (Å²) < 4.78 is 37.1. The smallest absolute Gasteiger partial charge is 0.250 e. The molecule has 19 heavy (non-hydrogen) atoms. The number of nitrogens with one attached hydrogen (secondary N) is 1. The number of nitrogens with zero attached hydrogens (tertiary/aromatic N) is 1. The minimum Gasteiger partial charge on any atom is -0.307 e. The fourth-order valence-electron chi connectivity index (χ4n) is 2.47. The van der Waals surface area contributed by atoms with Gasteiger partial charge in [-0.25, -0.2) is 13.2 Å². The third kappa shape index (κ3) is 4.84. The second-order valence-corrected chi connectivity index (χ2v) is 5.00. The third-order valence-corrected chi connectivity index (χ3v) is 3.39. The fourth-order valence-corrected chi connectivity index (χ4v) is 2.47. The Morgan fingerprint density at radius 3 is 2.68 bits per heavy atom. The number of hydrogen-bond acceptors (Lipinski definition) is 2. The van der Waals surface area contributed by atoms with E-state index in [0.717, 1.165) is 38.0 Å². The van der Waals surface area contributed by atoms with E-state index in [1.807, 2.05) is 0 Å². The molecule has 1 aliphatic rings. The molecule has 0 spiro atoms. The molecule has 1 aromatic rings. The summed E-state index contributed by atoms with van der Waals surface area (Å²) in [6, 6.07) is 6.57. The number of benzene rings is 1. The maximum atomic E-state index is 12.8. The van der Waals surface area contributed by atoms with Crippen LogP contribution in [-0.4, -0.2) is 37.0 Å². The van der Waals surface area contributed by atoms with E-state index in [4.69, 9.17) is 0 Å². The molecule has 0 amide bonds. The molecule has 2 rings (SSSR count). The number of halogens is 3. The lowest BCUT2D eigenvalue weighted by atomic mass is 10.0. The van der Waals surface area contributed by atoms with Crippen LogP contribution in [0.15, 0.2) is 24.3 Å². The summed E-state index contributed by atoms with van der Waals surface area (Å²) >= 11 is 0. The molecule has 1 aromatic carbocycles. The summed E-state index contributed by atoms with van der Waals surface area (Å²) in [6.45, 7) is 2.23. The van der Waals surface area contributed by atoms with Crippen LogP contribution in [-0.2, 0) is 6.54 Å². The third-order valence-electron chi connectivity index (χ3n) is 3.39. The molecule has 1 heterocycles. The normalized spacial score (nSPS) is 20.9. The maximum absolute atomic E-state index is 12.8. The van der Waals surface area contributed by atoms with Crippen molar-refractivity contribution < 1.29 is 13.2 Å². The first-order valence-electron chi connectivity index (χ1n) is 6.62. The van der Waals surface area contributed by atoms with Gasteiger partial charge in [-0.3, -0.25) is 4.90 Å². The molecule has 0 saturated carbocycles. The van der Waals surface area contributed by atoms with Crippen molar-refractivity contribution in [1.29, 1.82) is 0 Å². The monoisotopic (exact) mass is 272 g/mol. The Labute approximate surface area is 111 Å². The molecule has 1 N–H and O–H groups in total. The largest absolute Gasteiger partial charge is 0.307 e. The summed E-state index contributed by atoms with van der Waals surface area (Å²) in [4.78, 5) is 2.22. The van der Waals surface area contributed by atoms with Gasteiger partial charge in [-0.15, -0.1) is 0 Å². The Hall–Kier alpha value is -1.07. The topological polar surface area (TPSA) is 15.3 Å². The predicted molar refractivity (Wildman–Crippen MR) is 68.7 cm³/mol. The van der Waals surface area contributed by atoms with Gasteiger partial charge in [0.05, 0.1) is 6.54 Å². The standard InChI is InChI=1S/C14H19F3N2/c15-12-5-3-11(4-6-12)9-19-7-1-2-13(10-19)18-8-14(16)17/h3-6,13-14,18H,1-2,7-10H2. The second-order valence-electron chi connectivity index (χ2n) is 5.00. The Balaban J connectivity index is 1.82. The van der Waals surface area contributed by atoms with Crippen LogP contribution >= 0.6 is 0 Å². The summed E-state index contributed by atoms with van der Waals surface area (Å²) in [5, 5.41) is 2.89. The molecular formula is C14H19F3N2. The first-order chi connectivity index (χ1) is 9.13. The van der Waals surface area contributed by atoms with Gasteiger partial charge in [0.1, 0.15) is 5.82 Å². The maximum Gasteiger partial charge on any atom is 0.250 e. The van der Waals surface area contributed by atoms with Crippen LogP contribution in [0, 0.1) is 5.82 Å². The van der Waals surface area contributed by atoms with E-state index < -0.39 is 6.43 Å². The van der Waals surface area contributed by atoms with Crippen molar-refractivity contribution in [1.82, 2.24) is 10.2 Å². The van der Waals surface area contributed by atoms with E-state index in [1.165, 1.54) is 12.1 Å². The van der Waals surface area contributed by atoms with Crippen LogP contribution in [0.3, 0.4) is 0 Å².